The van der Waals surface area contributed by atoms with Gasteiger partial charge in [-0.25, -0.2) is 0 Å². The lowest BCUT2D eigenvalue weighted by molar-refractivity contribution is -0.155. The van der Waals surface area contributed by atoms with Crippen LogP contribution in [-0.4, -0.2) is 53.6 Å². The fraction of sp³-hybridized carbons (Fsp3) is 0.737. The van der Waals surface area contributed by atoms with Gasteiger partial charge in [-0.15, -0.1) is 0 Å². The van der Waals surface area contributed by atoms with Crippen LogP contribution in [0.2, 0.25) is 0 Å². The maximum absolute atomic E-state index is 12.8. The quantitative estimate of drug-likeness (QED) is 0.854. The minimum absolute atomic E-state index is 0.211. The van der Waals surface area contributed by atoms with E-state index in [0.717, 1.165) is 64.2 Å². The number of furan rings is 1. The van der Waals surface area contributed by atoms with Gasteiger partial charge in [-0.2, -0.15) is 0 Å². The molecule has 0 aliphatic carbocycles. The first-order valence-electron chi connectivity index (χ1n) is 9.40. The predicted octanol–water partition coefficient (Wildman–Crippen LogP) is 2.66. The lowest BCUT2D eigenvalue weighted by Gasteiger charge is -2.38. The summed E-state index contributed by atoms with van der Waals surface area (Å²) in [4.78, 5) is 17.3. The third kappa shape index (κ3) is 3.24. The van der Waals surface area contributed by atoms with Gasteiger partial charge in [-0.05, 0) is 44.1 Å². The van der Waals surface area contributed by atoms with Crippen molar-refractivity contribution in [2.75, 3.05) is 19.6 Å². The maximum Gasteiger partial charge on any atom is 0.251 e. The van der Waals surface area contributed by atoms with E-state index < -0.39 is 0 Å². The molecule has 1 aromatic rings. The molecule has 4 heterocycles. The number of carbonyl (C=O) groups is 1. The van der Waals surface area contributed by atoms with Crippen molar-refractivity contribution in [3.8, 4) is 0 Å². The standard InChI is InChI=1S/C19H28N2O3/c1-14-4-8-20(9-5-14)19(22)18-3-2-16-17(24-18)6-10-21(16)12-15-7-11-23-13-15/h7,11,13-14,16-18H,2-6,8-10,12H2,1H3/t16-,17-,18-/m0/s1. The summed E-state index contributed by atoms with van der Waals surface area (Å²) in [5, 5.41) is 0. The molecule has 5 nitrogen and oxygen atoms in total. The Morgan fingerprint density at radius 2 is 2.00 bits per heavy atom. The summed E-state index contributed by atoms with van der Waals surface area (Å²) in [7, 11) is 0. The van der Waals surface area contributed by atoms with Gasteiger partial charge >= 0.3 is 0 Å². The minimum atomic E-state index is -0.214. The summed E-state index contributed by atoms with van der Waals surface area (Å²) in [6.45, 7) is 6.05. The lowest BCUT2D eigenvalue weighted by atomic mass is 9.96. The molecule has 1 aromatic heterocycles. The number of hydrogen-bond acceptors (Lipinski definition) is 4. The van der Waals surface area contributed by atoms with Gasteiger partial charge in [0.15, 0.2) is 0 Å². The Kier molecular flexibility index (Phi) is 4.63. The number of rotatable bonds is 3. The van der Waals surface area contributed by atoms with Gasteiger partial charge in [0.2, 0.25) is 0 Å². The highest BCUT2D eigenvalue weighted by Crippen LogP contribution is 2.33. The molecular formula is C19H28N2O3. The topological polar surface area (TPSA) is 45.9 Å². The molecule has 3 aliphatic rings. The van der Waals surface area contributed by atoms with E-state index in [1.807, 2.05) is 17.2 Å². The number of carbonyl (C=O) groups excluding carboxylic acids is 1. The molecular weight excluding hydrogens is 304 g/mol. The average molecular weight is 332 g/mol. The van der Waals surface area contributed by atoms with Crippen molar-refractivity contribution < 1.29 is 13.9 Å². The summed E-state index contributed by atoms with van der Waals surface area (Å²) < 4.78 is 11.4. The van der Waals surface area contributed by atoms with Crippen molar-refractivity contribution in [1.29, 1.82) is 0 Å². The van der Waals surface area contributed by atoms with Crippen molar-refractivity contribution in [2.45, 2.75) is 63.8 Å². The number of nitrogens with zero attached hydrogens (tertiary/aromatic N) is 2. The lowest BCUT2D eigenvalue weighted by Crippen LogP contribution is -2.50. The molecule has 3 fully saturated rings. The first-order chi connectivity index (χ1) is 11.7. The van der Waals surface area contributed by atoms with Gasteiger partial charge in [0.25, 0.3) is 5.91 Å². The van der Waals surface area contributed by atoms with Gasteiger partial charge in [-0.1, -0.05) is 6.92 Å². The van der Waals surface area contributed by atoms with Crippen molar-refractivity contribution in [3.63, 3.8) is 0 Å². The van der Waals surface area contributed by atoms with Crippen molar-refractivity contribution >= 4 is 5.91 Å². The Bertz CT molecular complexity index is 551. The van der Waals surface area contributed by atoms with E-state index in [9.17, 15) is 4.79 Å². The van der Waals surface area contributed by atoms with Crippen LogP contribution in [0, 0.1) is 5.92 Å². The highest BCUT2D eigenvalue weighted by atomic mass is 16.5. The largest absolute Gasteiger partial charge is 0.472 e. The Morgan fingerprint density at radius 3 is 2.75 bits per heavy atom. The van der Waals surface area contributed by atoms with E-state index >= 15 is 0 Å². The zero-order valence-corrected chi connectivity index (χ0v) is 14.5. The Hall–Kier alpha value is -1.33. The second-order valence-corrected chi connectivity index (χ2v) is 7.71. The number of piperidine rings is 1. The van der Waals surface area contributed by atoms with Gasteiger partial charge in [0.1, 0.15) is 6.10 Å². The van der Waals surface area contributed by atoms with Gasteiger partial charge in [0.05, 0.1) is 18.6 Å². The van der Waals surface area contributed by atoms with Crippen LogP contribution in [0.15, 0.2) is 23.0 Å². The van der Waals surface area contributed by atoms with Crippen LogP contribution >= 0.6 is 0 Å². The first-order valence-corrected chi connectivity index (χ1v) is 9.40. The molecule has 0 saturated carbocycles. The zero-order chi connectivity index (χ0) is 16.5. The van der Waals surface area contributed by atoms with Crippen LogP contribution in [-0.2, 0) is 16.1 Å². The molecule has 0 unspecified atom stereocenters. The van der Waals surface area contributed by atoms with Gasteiger partial charge in [0, 0.05) is 37.8 Å². The van der Waals surface area contributed by atoms with Crippen LogP contribution in [0.25, 0.3) is 0 Å². The maximum atomic E-state index is 12.8. The number of ether oxygens (including phenoxy) is 1. The van der Waals surface area contributed by atoms with Crippen LogP contribution in [0.1, 0.15) is 44.6 Å². The van der Waals surface area contributed by atoms with Crippen LogP contribution in [0.4, 0.5) is 0 Å². The molecule has 0 spiro atoms. The van der Waals surface area contributed by atoms with E-state index in [-0.39, 0.29) is 18.1 Å². The van der Waals surface area contributed by atoms with E-state index in [2.05, 4.69) is 11.8 Å². The molecule has 0 bridgehead atoms. The summed E-state index contributed by atoms with van der Waals surface area (Å²) >= 11 is 0. The molecule has 4 rings (SSSR count). The molecule has 0 radical (unpaired) electrons. The second kappa shape index (κ2) is 6.89. The molecule has 24 heavy (non-hydrogen) atoms. The third-order valence-corrected chi connectivity index (χ3v) is 6.00. The molecule has 1 amide bonds. The highest BCUT2D eigenvalue weighted by Gasteiger charge is 2.42. The molecule has 3 saturated heterocycles. The summed E-state index contributed by atoms with van der Waals surface area (Å²) in [5.74, 6) is 0.977. The normalized spacial score (nSPS) is 32.0. The number of likely N-dealkylation sites (tertiary alicyclic amines) is 2. The Balaban J connectivity index is 1.33. The van der Waals surface area contributed by atoms with E-state index in [1.165, 1.54) is 5.56 Å². The van der Waals surface area contributed by atoms with E-state index in [0.29, 0.717) is 6.04 Å². The average Bonchev–Trinajstić information content (AvgIpc) is 3.25. The van der Waals surface area contributed by atoms with E-state index in [1.54, 1.807) is 6.26 Å². The molecule has 0 N–H and O–H groups in total. The number of fused-ring (bicyclic) bond motifs is 1. The number of hydrogen-bond donors (Lipinski definition) is 0. The summed E-state index contributed by atoms with van der Waals surface area (Å²) in [5.41, 5.74) is 1.22. The SMILES string of the molecule is CC1CCN(C(=O)[C@@H]2CC[C@H]3[C@H](CCN3Cc3ccoc3)O2)CC1. The smallest absolute Gasteiger partial charge is 0.251 e. The van der Waals surface area contributed by atoms with Crippen molar-refractivity contribution in [3.05, 3.63) is 24.2 Å². The predicted molar refractivity (Wildman–Crippen MR) is 90.4 cm³/mol. The Labute approximate surface area is 143 Å². The monoisotopic (exact) mass is 332 g/mol. The van der Waals surface area contributed by atoms with Crippen LogP contribution < -0.4 is 0 Å². The first kappa shape index (κ1) is 16.2. The molecule has 3 atom stereocenters. The number of amides is 1. The minimum Gasteiger partial charge on any atom is -0.472 e. The fourth-order valence-electron chi connectivity index (χ4n) is 4.44. The van der Waals surface area contributed by atoms with Gasteiger partial charge < -0.3 is 14.1 Å². The van der Waals surface area contributed by atoms with Crippen LogP contribution in [0.3, 0.4) is 0 Å². The Morgan fingerprint density at radius 1 is 1.17 bits per heavy atom. The van der Waals surface area contributed by atoms with Crippen molar-refractivity contribution in [1.82, 2.24) is 9.80 Å². The van der Waals surface area contributed by atoms with E-state index in [4.69, 9.17) is 9.15 Å². The van der Waals surface area contributed by atoms with Crippen LogP contribution in [0.5, 0.6) is 0 Å². The summed E-state index contributed by atoms with van der Waals surface area (Å²) in [6.07, 6.45) is 8.75. The molecule has 3 aliphatic heterocycles. The molecule has 0 aromatic carbocycles. The summed E-state index contributed by atoms with van der Waals surface area (Å²) in [6, 6.07) is 2.48. The second-order valence-electron chi connectivity index (χ2n) is 7.71. The fourth-order valence-corrected chi connectivity index (χ4v) is 4.44. The third-order valence-electron chi connectivity index (χ3n) is 6.00. The van der Waals surface area contributed by atoms with Crippen molar-refractivity contribution in [2.24, 2.45) is 5.92 Å². The zero-order valence-electron chi connectivity index (χ0n) is 14.5. The molecule has 5 heteroatoms. The van der Waals surface area contributed by atoms with Gasteiger partial charge in [-0.3, -0.25) is 9.69 Å². The molecule has 132 valence electrons. The highest BCUT2D eigenvalue weighted by molar-refractivity contribution is 5.81.